The number of hydrogen-bond acceptors (Lipinski definition) is 4. The first-order valence-electron chi connectivity index (χ1n) is 12.0. The smallest absolute Gasteiger partial charge is 0.233 e. The van der Waals surface area contributed by atoms with Gasteiger partial charge in [0.25, 0.3) is 0 Å². The van der Waals surface area contributed by atoms with Gasteiger partial charge in [-0.3, -0.25) is 9.78 Å². The Balaban J connectivity index is 1.40. The summed E-state index contributed by atoms with van der Waals surface area (Å²) in [5.74, 6) is 0.458. The normalized spacial score (nSPS) is 21.0. The third-order valence-corrected chi connectivity index (χ3v) is 7.24. The number of fused-ring (bicyclic) bond motifs is 1. The lowest BCUT2D eigenvalue weighted by Gasteiger charge is -2.40. The summed E-state index contributed by atoms with van der Waals surface area (Å²) in [4.78, 5) is 20.6. The van der Waals surface area contributed by atoms with Crippen molar-refractivity contribution in [2.75, 3.05) is 39.5 Å². The second-order valence-corrected chi connectivity index (χ2v) is 9.48. The molecule has 0 N–H and O–H groups in total. The Morgan fingerprint density at radius 3 is 2.64 bits per heavy atom. The highest BCUT2D eigenvalue weighted by Crippen LogP contribution is 2.37. The number of carbonyl (C=O) groups excluding carboxylic acids is 1. The van der Waals surface area contributed by atoms with E-state index in [0.29, 0.717) is 39.5 Å². The van der Waals surface area contributed by atoms with Gasteiger partial charge in [0.05, 0.1) is 18.6 Å². The highest BCUT2D eigenvalue weighted by atomic mass is 16.5. The summed E-state index contributed by atoms with van der Waals surface area (Å²) in [6.45, 7) is 5.91. The number of nitrogens with zero attached hydrogens (tertiary/aromatic N) is 2. The van der Waals surface area contributed by atoms with Crippen LogP contribution in [0.5, 0.6) is 0 Å². The van der Waals surface area contributed by atoms with Crippen molar-refractivity contribution in [3.63, 3.8) is 0 Å². The highest BCUT2D eigenvalue weighted by Gasteiger charge is 2.44. The third-order valence-electron chi connectivity index (χ3n) is 7.24. The van der Waals surface area contributed by atoms with Crippen LogP contribution in [0.15, 0.2) is 60.9 Å². The van der Waals surface area contributed by atoms with Crippen molar-refractivity contribution in [3.8, 4) is 0 Å². The Morgan fingerprint density at radius 2 is 1.82 bits per heavy atom. The van der Waals surface area contributed by atoms with Crippen molar-refractivity contribution < 1.29 is 14.3 Å². The molecule has 0 spiro atoms. The zero-order chi connectivity index (χ0) is 22.7. The fraction of sp³-hybridized carbons (Fsp3) is 0.429. The molecular formula is C28H32N2O3. The van der Waals surface area contributed by atoms with Crippen LogP contribution in [0.3, 0.4) is 0 Å². The molecule has 2 aliphatic rings. The Morgan fingerprint density at radius 1 is 1.03 bits per heavy atom. The molecule has 5 heteroatoms. The number of carbonyl (C=O) groups is 1. The number of aryl methyl sites for hydroxylation is 1. The van der Waals surface area contributed by atoms with Gasteiger partial charge in [0.15, 0.2) is 0 Å². The fourth-order valence-electron chi connectivity index (χ4n) is 5.36. The van der Waals surface area contributed by atoms with E-state index in [4.69, 9.17) is 9.47 Å². The number of rotatable bonds is 4. The lowest BCUT2D eigenvalue weighted by atomic mass is 9.72. The van der Waals surface area contributed by atoms with Gasteiger partial charge in [0.2, 0.25) is 5.91 Å². The van der Waals surface area contributed by atoms with E-state index >= 15 is 0 Å². The predicted molar refractivity (Wildman–Crippen MR) is 129 cm³/mol. The van der Waals surface area contributed by atoms with Crippen LogP contribution in [0.2, 0.25) is 0 Å². The summed E-state index contributed by atoms with van der Waals surface area (Å²) in [6, 6.07) is 16.9. The number of benzene rings is 2. The van der Waals surface area contributed by atoms with Crippen LogP contribution in [-0.4, -0.2) is 55.3 Å². The van der Waals surface area contributed by atoms with E-state index < -0.39 is 5.41 Å². The molecule has 0 aliphatic carbocycles. The zero-order valence-corrected chi connectivity index (χ0v) is 19.3. The predicted octanol–water partition coefficient (Wildman–Crippen LogP) is 4.31. The lowest BCUT2D eigenvalue weighted by Crippen LogP contribution is -2.51. The van der Waals surface area contributed by atoms with E-state index in [-0.39, 0.29) is 11.8 Å². The Kier molecular flexibility index (Phi) is 6.43. The molecule has 33 heavy (non-hydrogen) atoms. The maximum atomic E-state index is 14.1. The molecule has 172 valence electrons. The van der Waals surface area contributed by atoms with Gasteiger partial charge in [-0.15, -0.1) is 0 Å². The lowest BCUT2D eigenvalue weighted by molar-refractivity contribution is -0.141. The molecule has 0 saturated carbocycles. The second kappa shape index (κ2) is 9.62. The topological polar surface area (TPSA) is 51.7 Å². The maximum Gasteiger partial charge on any atom is 0.233 e. The SMILES string of the molecule is Cc1ccc(C2(C(=O)N3CCOC[C@@H](Cc4cncc5ccccc45)C3)CCOCC2)cc1. The van der Waals surface area contributed by atoms with E-state index in [1.54, 1.807) is 0 Å². The largest absolute Gasteiger partial charge is 0.381 e. The minimum Gasteiger partial charge on any atom is -0.381 e. The molecule has 3 heterocycles. The average molecular weight is 445 g/mol. The first kappa shape index (κ1) is 22.1. The number of ether oxygens (including phenoxy) is 2. The van der Waals surface area contributed by atoms with E-state index in [0.717, 1.165) is 30.2 Å². The van der Waals surface area contributed by atoms with Crippen molar-refractivity contribution >= 4 is 16.7 Å². The standard InChI is InChI=1S/C28H32N2O3/c1-21-6-8-25(9-7-21)28(10-13-32-14-11-28)27(31)30-12-15-33-20-22(19-30)16-24-18-29-17-23-4-2-3-5-26(23)24/h2-9,17-18,22H,10-16,19-20H2,1H3/t22-/m0/s1. The summed E-state index contributed by atoms with van der Waals surface area (Å²) >= 11 is 0. The van der Waals surface area contributed by atoms with E-state index in [1.807, 2.05) is 18.5 Å². The Labute approximate surface area is 195 Å². The van der Waals surface area contributed by atoms with Crippen LogP contribution in [0, 0.1) is 12.8 Å². The fourth-order valence-corrected chi connectivity index (χ4v) is 5.36. The second-order valence-electron chi connectivity index (χ2n) is 9.48. The van der Waals surface area contributed by atoms with Crippen LogP contribution in [-0.2, 0) is 26.1 Å². The molecule has 5 rings (SSSR count). The number of aromatic nitrogens is 1. The highest BCUT2D eigenvalue weighted by molar-refractivity contribution is 5.88. The van der Waals surface area contributed by atoms with Gasteiger partial charge < -0.3 is 14.4 Å². The van der Waals surface area contributed by atoms with Gasteiger partial charge in [0.1, 0.15) is 0 Å². The monoisotopic (exact) mass is 444 g/mol. The first-order valence-corrected chi connectivity index (χ1v) is 12.0. The van der Waals surface area contributed by atoms with Crippen LogP contribution < -0.4 is 0 Å². The number of hydrogen-bond donors (Lipinski definition) is 0. The molecule has 0 bridgehead atoms. The van der Waals surface area contributed by atoms with Crippen LogP contribution in [0.4, 0.5) is 0 Å². The number of amides is 1. The van der Waals surface area contributed by atoms with Crippen LogP contribution in [0.1, 0.15) is 29.5 Å². The molecular weight excluding hydrogens is 412 g/mol. The minimum atomic E-state index is -0.512. The van der Waals surface area contributed by atoms with Crippen LogP contribution >= 0.6 is 0 Å². The molecule has 2 saturated heterocycles. The molecule has 1 amide bonds. The van der Waals surface area contributed by atoms with Gasteiger partial charge in [-0.05, 0) is 42.7 Å². The first-order chi connectivity index (χ1) is 16.2. The van der Waals surface area contributed by atoms with Gasteiger partial charge in [0, 0.05) is 50.0 Å². The summed E-state index contributed by atoms with van der Waals surface area (Å²) in [5, 5.41) is 2.38. The molecule has 2 fully saturated rings. The van der Waals surface area contributed by atoms with E-state index in [2.05, 4.69) is 59.3 Å². The summed E-state index contributed by atoms with van der Waals surface area (Å²) in [6.07, 6.45) is 6.17. The van der Waals surface area contributed by atoms with Crippen LogP contribution in [0.25, 0.3) is 10.8 Å². The van der Waals surface area contributed by atoms with Crippen molar-refractivity contribution in [2.24, 2.45) is 5.92 Å². The summed E-state index contributed by atoms with van der Waals surface area (Å²) in [7, 11) is 0. The van der Waals surface area contributed by atoms with Gasteiger partial charge >= 0.3 is 0 Å². The molecule has 3 aromatic rings. The average Bonchev–Trinajstić information content (AvgIpc) is 3.10. The molecule has 2 aliphatic heterocycles. The van der Waals surface area contributed by atoms with E-state index in [9.17, 15) is 4.79 Å². The quantitative estimate of drug-likeness (QED) is 0.602. The van der Waals surface area contributed by atoms with Gasteiger partial charge in [-0.1, -0.05) is 54.1 Å². The number of pyridine rings is 1. The van der Waals surface area contributed by atoms with E-state index in [1.165, 1.54) is 16.5 Å². The summed E-state index contributed by atoms with van der Waals surface area (Å²) in [5.41, 5.74) is 3.03. The van der Waals surface area contributed by atoms with Gasteiger partial charge in [-0.25, -0.2) is 0 Å². The maximum absolute atomic E-state index is 14.1. The molecule has 5 nitrogen and oxygen atoms in total. The third kappa shape index (κ3) is 4.53. The zero-order valence-electron chi connectivity index (χ0n) is 19.3. The molecule has 0 radical (unpaired) electrons. The minimum absolute atomic E-state index is 0.223. The summed E-state index contributed by atoms with van der Waals surface area (Å²) < 4.78 is 11.6. The molecule has 2 aromatic carbocycles. The van der Waals surface area contributed by atoms with Gasteiger partial charge in [-0.2, -0.15) is 0 Å². The molecule has 0 unspecified atom stereocenters. The van der Waals surface area contributed by atoms with Crippen molar-refractivity contribution in [1.29, 1.82) is 0 Å². The molecule has 1 atom stereocenters. The van der Waals surface area contributed by atoms with Crippen molar-refractivity contribution in [3.05, 3.63) is 77.6 Å². The molecule has 1 aromatic heterocycles. The van der Waals surface area contributed by atoms with Crippen molar-refractivity contribution in [1.82, 2.24) is 9.88 Å². The Bertz CT molecular complexity index is 1100. The van der Waals surface area contributed by atoms with Crippen molar-refractivity contribution in [2.45, 2.75) is 31.6 Å². The Hall–Kier alpha value is -2.76.